The molecule has 0 unspecified atom stereocenters. The Morgan fingerprint density at radius 2 is 1.76 bits per heavy atom. The van der Waals surface area contributed by atoms with Crippen molar-refractivity contribution in [3.8, 4) is 0 Å². The van der Waals surface area contributed by atoms with Crippen molar-refractivity contribution in [2.45, 2.75) is 43.9 Å². The number of hydrogen-bond acceptors (Lipinski definition) is 1. The minimum Gasteiger partial charge on any atom is -0.390 e. The number of benzene rings is 1. The van der Waals surface area contributed by atoms with Crippen LogP contribution in [0.3, 0.4) is 0 Å². The molecule has 0 amide bonds. The molecule has 0 aliphatic heterocycles. The first-order chi connectivity index (χ1) is 9.62. The quantitative estimate of drug-likeness (QED) is 0.586. The van der Waals surface area contributed by atoms with E-state index in [-0.39, 0.29) is 42.1 Å². The Labute approximate surface area is 127 Å². The van der Waals surface area contributed by atoms with Gasteiger partial charge in [-0.2, -0.15) is 13.2 Å². The molecule has 1 N–H and O–H groups in total. The van der Waals surface area contributed by atoms with Crippen LogP contribution in [0.25, 0.3) is 0 Å². The molecule has 1 aromatic carbocycles. The third kappa shape index (κ3) is 3.74. The van der Waals surface area contributed by atoms with Crippen LogP contribution in [0.15, 0.2) is 16.6 Å². The lowest BCUT2D eigenvalue weighted by atomic mass is 9.75. The van der Waals surface area contributed by atoms with E-state index in [0.717, 1.165) is 6.07 Å². The van der Waals surface area contributed by atoms with Crippen LogP contribution >= 0.6 is 15.9 Å². The van der Waals surface area contributed by atoms with Crippen molar-refractivity contribution in [3.05, 3.63) is 33.8 Å². The molecule has 1 aliphatic carbocycles. The van der Waals surface area contributed by atoms with E-state index in [9.17, 15) is 27.1 Å². The summed E-state index contributed by atoms with van der Waals surface area (Å²) in [7, 11) is 0. The van der Waals surface area contributed by atoms with Crippen molar-refractivity contribution in [3.63, 3.8) is 0 Å². The molecular formula is C14H14BrF5O. The molecule has 0 bridgehead atoms. The normalized spacial score (nSPS) is 26.9. The Bertz CT molecular complexity index is 521. The molecule has 0 radical (unpaired) electrons. The molecular weight excluding hydrogens is 359 g/mol. The first-order valence-corrected chi connectivity index (χ1v) is 7.33. The van der Waals surface area contributed by atoms with Crippen molar-refractivity contribution < 1.29 is 27.1 Å². The van der Waals surface area contributed by atoms with Gasteiger partial charge in [0.2, 0.25) is 0 Å². The molecule has 1 aromatic rings. The molecule has 0 atom stereocenters. The van der Waals surface area contributed by atoms with Crippen LogP contribution in [-0.2, 0) is 6.42 Å². The van der Waals surface area contributed by atoms with E-state index in [1.54, 1.807) is 0 Å². The second-order valence-electron chi connectivity index (χ2n) is 5.54. The fourth-order valence-corrected chi connectivity index (χ4v) is 3.09. The van der Waals surface area contributed by atoms with Gasteiger partial charge < -0.3 is 5.11 Å². The van der Waals surface area contributed by atoms with Crippen LogP contribution in [0, 0.1) is 17.6 Å². The zero-order valence-corrected chi connectivity index (χ0v) is 12.6. The van der Waals surface area contributed by atoms with Gasteiger partial charge in [0.05, 0.1) is 16.0 Å². The average molecular weight is 373 g/mol. The lowest BCUT2D eigenvalue weighted by Gasteiger charge is -2.37. The molecule has 1 saturated carbocycles. The molecule has 0 spiro atoms. The summed E-state index contributed by atoms with van der Waals surface area (Å²) >= 11 is 2.93. The van der Waals surface area contributed by atoms with E-state index in [4.69, 9.17) is 0 Å². The molecule has 21 heavy (non-hydrogen) atoms. The summed E-state index contributed by atoms with van der Waals surface area (Å²) in [5.41, 5.74) is -1.79. The summed E-state index contributed by atoms with van der Waals surface area (Å²) in [6.07, 6.45) is -5.30. The van der Waals surface area contributed by atoms with Crippen molar-refractivity contribution in [1.29, 1.82) is 0 Å². The summed E-state index contributed by atoms with van der Waals surface area (Å²) in [5, 5.41) is 10.3. The number of alkyl halides is 3. The van der Waals surface area contributed by atoms with Gasteiger partial charge in [-0.3, -0.25) is 0 Å². The average Bonchev–Trinajstić information content (AvgIpc) is 2.39. The standard InChI is InChI=1S/C14H14BrF5O/c15-10-1-2-11(16)9(12(10)17)7-13(21)5-3-8(4-6-13)14(18,19)20/h1-2,8,21H,3-7H2. The zero-order chi connectivity index (χ0) is 15.8. The smallest absolute Gasteiger partial charge is 0.390 e. The van der Waals surface area contributed by atoms with Crippen LogP contribution in [0.1, 0.15) is 31.2 Å². The number of aliphatic hydroxyl groups is 1. The van der Waals surface area contributed by atoms with E-state index in [1.807, 2.05) is 0 Å². The molecule has 118 valence electrons. The minimum atomic E-state index is -4.28. The monoisotopic (exact) mass is 372 g/mol. The van der Waals surface area contributed by atoms with Crippen LogP contribution in [0.4, 0.5) is 22.0 Å². The molecule has 7 heteroatoms. The Balaban J connectivity index is 2.13. The van der Waals surface area contributed by atoms with Gasteiger partial charge in [-0.1, -0.05) is 0 Å². The minimum absolute atomic E-state index is 0.0616. The summed E-state index contributed by atoms with van der Waals surface area (Å²) in [6.45, 7) is 0. The van der Waals surface area contributed by atoms with Crippen molar-refractivity contribution >= 4 is 15.9 Å². The Morgan fingerprint density at radius 3 is 2.29 bits per heavy atom. The van der Waals surface area contributed by atoms with Gasteiger partial charge >= 0.3 is 6.18 Å². The van der Waals surface area contributed by atoms with Gasteiger partial charge in [-0.05, 0) is 53.7 Å². The first kappa shape index (κ1) is 16.7. The Kier molecular flexibility index (Phi) is 4.63. The highest BCUT2D eigenvalue weighted by Crippen LogP contribution is 2.42. The molecule has 1 aliphatic rings. The third-order valence-electron chi connectivity index (χ3n) is 4.02. The first-order valence-electron chi connectivity index (χ1n) is 6.54. The van der Waals surface area contributed by atoms with Crippen LogP contribution < -0.4 is 0 Å². The summed E-state index contributed by atoms with van der Waals surface area (Å²) in [4.78, 5) is 0. The van der Waals surface area contributed by atoms with E-state index < -0.39 is 29.3 Å². The van der Waals surface area contributed by atoms with Gasteiger partial charge in [0, 0.05) is 12.0 Å². The maximum Gasteiger partial charge on any atom is 0.391 e. The number of halogens is 6. The SMILES string of the molecule is OC1(Cc2c(F)ccc(Br)c2F)CCC(C(F)(F)F)CC1. The van der Waals surface area contributed by atoms with Gasteiger partial charge in [-0.25, -0.2) is 8.78 Å². The Hall–Kier alpha value is -0.690. The summed E-state index contributed by atoms with van der Waals surface area (Å²) in [5.74, 6) is -3.07. The van der Waals surface area contributed by atoms with Crippen molar-refractivity contribution in [1.82, 2.24) is 0 Å². The molecule has 0 saturated heterocycles. The van der Waals surface area contributed by atoms with Gasteiger partial charge in [-0.15, -0.1) is 0 Å². The lowest BCUT2D eigenvalue weighted by Crippen LogP contribution is -2.40. The largest absolute Gasteiger partial charge is 0.391 e. The number of rotatable bonds is 2. The Morgan fingerprint density at radius 1 is 1.19 bits per heavy atom. The molecule has 0 heterocycles. The highest BCUT2D eigenvalue weighted by molar-refractivity contribution is 9.10. The van der Waals surface area contributed by atoms with Crippen LogP contribution in [0.2, 0.25) is 0 Å². The fraction of sp³-hybridized carbons (Fsp3) is 0.571. The highest BCUT2D eigenvalue weighted by atomic mass is 79.9. The molecule has 1 fully saturated rings. The van der Waals surface area contributed by atoms with Crippen LogP contribution in [-0.4, -0.2) is 16.9 Å². The molecule has 0 aromatic heterocycles. The number of hydrogen-bond donors (Lipinski definition) is 1. The van der Waals surface area contributed by atoms with E-state index >= 15 is 0 Å². The predicted octanol–water partition coefficient (Wildman–Crippen LogP) is 4.75. The fourth-order valence-electron chi connectivity index (χ4n) is 2.72. The van der Waals surface area contributed by atoms with Crippen molar-refractivity contribution in [2.24, 2.45) is 5.92 Å². The van der Waals surface area contributed by atoms with E-state index in [1.165, 1.54) is 6.07 Å². The van der Waals surface area contributed by atoms with Gasteiger partial charge in [0.1, 0.15) is 11.6 Å². The lowest BCUT2D eigenvalue weighted by molar-refractivity contribution is -0.192. The highest BCUT2D eigenvalue weighted by Gasteiger charge is 2.45. The van der Waals surface area contributed by atoms with E-state index in [2.05, 4.69) is 15.9 Å². The maximum atomic E-state index is 13.9. The summed E-state index contributed by atoms with van der Waals surface area (Å²) in [6, 6.07) is 2.27. The third-order valence-corrected chi connectivity index (χ3v) is 4.64. The zero-order valence-electron chi connectivity index (χ0n) is 11.0. The van der Waals surface area contributed by atoms with Crippen molar-refractivity contribution in [2.75, 3.05) is 0 Å². The topological polar surface area (TPSA) is 20.2 Å². The van der Waals surface area contributed by atoms with Gasteiger partial charge in [0.25, 0.3) is 0 Å². The van der Waals surface area contributed by atoms with Crippen LogP contribution in [0.5, 0.6) is 0 Å². The summed E-state index contributed by atoms with van der Waals surface area (Å²) < 4.78 is 65.4. The molecule has 1 nitrogen and oxygen atoms in total. The predicted molar refractivity (Wildman–Crippen MR) is 70.7 cm³/mol. The van der Waals surface area contributed by atoms with Gasteiger partial charge in [0.15, 0.2) is 0 Å². The molecule has 2 rings (SSSR count). The maximum absolute atomic E-state index is 13.9. The second-order valence-corrected chi connectivity index (χ2v) is 6.39. The van der Waals surface area contributed by atoms with E-state index in [0.29, 0.717) is 0 Å². The second kappa shape index (κ2) is 5.83.